The van der Waals surface area contributed by atoms with Crippen molar-refractivity contribution < 1.29 is 4.74 Å². The Balaban J connectivity index is 1.95. The Morgan fingerprint density at radius 2 is 2.37 bits per heavy atom. The van der Waals surface area contributed by atoms with Crippen LogP contribution in [0.25, 0.3) is 0 Å². The molecule has 1 fully saturated rings. The summed E-state index contributed by atoms with van der Waals surface area (Å²) in [6.45, 7) is 11.7. The topological polar surface area (TPSA) is 55.2 Å². The number of hydrogen-bond donors (Lipinski definition) is 1. The number of rotatable bonds is 6. The maximum atomic E-state index is 5.60. The summed E-state index contributed by atoms with van der Waals surface area (Å²) in [5.74, 6) is 1.04. The van der Waals surface area contributed by atoms with Crippen molar-refractivity contribution in [2.45, 2.75) is 45.9 Å². The molecule has 1 aromatic rings. The van der Waals surface area contributed by atoms with Crippen molar-refractivity contribution in [3.8, 4) is 0 Å². The molecule has 0 bridgehead atoms. The van der Waals surface area contributed by atoms with Crippen molar-refractivity contribution in [3.05, 3.63) is 12.2 Å². The molecule has 6 nitrogen and oxygen atoms in total. The first-order chi connectivity index (χ1) is 9.20. The number of hydrogen-bond acceptors (Lipinski definition) is 5. The van der Waals surface area contributed by atoms with Crippen LogP contribution in [0.4, 0.5) is 0 Å². The zero-order chi connectivity index (χ0) is 13.7. The molecule has 2 heterocycles. The molecule has 1 aliphatic rings. The fourth-order valence-corrected chi connectivity index (χ4v) is 2.31. The lowest BCUT2D eigenvalue weighted by atomic mass is 10.2. The molecule has 0 saturated carbocycles. The Hall–Kier alpha value is -0.980. The smallest absolute Gasteiger partial charge is 0.141 e. The van der Waals surface area contributed by atoms with Crippen LogP contribution in [0.15, 0.2) is 6.33 Å². The van der Waals surface area contributed by atoms with E-state index >= 15 is 0 Å². The number of aryl methyl sites for hydroxylation is 1. The molecule has 2 rings (SSSR count). The Morgan fingerprint density at radius 1 is 1.53 bits per heavy atom. The van der Waals surface area contributed by atoms with Gasteiger partial charge in [-0.3, -0.25) is 4.90 Å². The average molecular weight is 267 g/mol. The molecule has 108 valence electrons. The summed E-state index contributed by atoms with van der Waals surface area (Å²) >= 11 is 0. The molecule has 1 atom stereocenters. The minimum Gasteiger partial charge on any atom is -0.378 e. The second-order valence-corrected chi connectivity index (χ2v) is 5.25. The monoisotopic (exact) mass is 267 g/mol. The molecule has 0 radical (unpaired) electrons. The van der Waals surface area contributed by atoms with Gasteiger partial charge >= 0.3 is 0 Å². The SMILES string of the molecule is CCn1ncnc1CN1CCOCC1CNC(C)C. The molecule has 0 aliphatic carbocycles. The van der Waals surface area contributed by atoms with Gasteiger partial charge in [-0.15, -0.1) is 0 Å². The normalized spacial score (nSPS) is 21.2. The summed E-state index contributed by atoms with van der Waals surface area (Å²) in [5.41, 5.74) is 0. The zero-order valence-corrected chi connectivity index (χ0v) is 12.2. The van der Waals surface area contributed by atoms with Crippen molar-refractivity contribution >= 4 is 0 Å². The second kappa shape index (κ2) is 6.98. The third-order valence-electron chi connectivity index (χ3n) is 3.45. The summed E-state index contributed by atoms with van der Waals surface area (Å²) in [5, 5.41) is 7.72. The van der Waals surface area contributed by atoms with Gasteiger partial charge in [0, 0.05) is 31.7 Å². The van der Waals surface area contributed by atoms with Crippen LogP contribution in [0.3, 0.4) is 0 Å². The standard InChI is InChI=1S/C13H25N5O/c1-4-18-13(15-10-16-18)8-17-5-6-19-9-12(17)7-14-11(2)3/h10-12,14H,4-9H2,1-3H3. The summed E-state index contributed by atoms with van der Waals surface area (Å²) in [6, 6.07) is 0.918. The molecule has 1 unspecified atom stereocenters. The minimum atomic E-state index is 0.415. The lowest BCUT2D eigenvalue weighted by Crippen LogP contribution is -2.51. The van der Waals surface area contributed by atoms with E-state index in [0.717, 1.165) is 45.2 Å². The van der Waals surface area contributed by atoms with E-state index in [1.54, 1.807) is 6.33 Å². The Morgan fingerprint density at radius 3 is 3.11 bits per heavy atom. The lowest BCUT2D eigenvalue weighted by molar-refractivity contribution is -0.0131. The van der Waals surface area contributed by atoms with Crippen LogP contribution < -0.4 is 5.32 Å². The van der Waals surface area contributed by atoms with Gasteiger partial charge in [-0.1, -0.05) is 13.8 Å². The molecule has 0 aromatic carbocycles. The molecule has 6 heteroatoms. The van der Waals surface area contributed by atoms with E-state index in [9.17, 15) is 0 Å². The number of nitrogens with one attached hydrogen (secondary N) is 1. The average Bonchev–Trinajstić information content (AvgIpc) is 2.85. The minimum absolute atomic E-state index is 0.415. The van der Waals surface area contributed by atoms with Crippen molar-refractivity contribution in [2.75, 3.05) is 26.3 Å². The largest absolute Gasteiger partial charge is 0.378 e. The fraction of sp³-hybridized carbons (Fsp3) is 0.846. The highest BCUT2D eigenvalue weighted by Gasteiger charge is 2.24. The predicted molar refractivity (Wildman–Crippen MR) is 73.9 cm³/mol. The van der Waals surface area contributed by atoms with Gasteiger partial charge in [-0.05, 0) is 6.92 Å². The number of nitrogens with zero attached hydrogens (tertiary/aromatic N) is 4. The van der Waals surface area contributed by atoms with Crippen molar-refractivity contribution in [2.24, 2.45) is 0 Å². The first-order valence-electron chi connectivity index (χ1n) is 7.12. The Labute approximate surface area is 115 Å². The Bertz CT molecular complexity index is 379. The van der Waals surface area contributed by atoms with Crippen LogP contribution in [-0.4, -0.2) is 58.1 Å². The second-order valence-electron chi connectivity index (χ2n) is 5.25. The van der Waals surface area contributed by atoms with E-state index < -0.39 is 0 Å². The summed E-state index contributed by atoms with van der Waals surface area (Å²) in [7, 11) is 0. The van der Waals surface area contributed by atoms with E-state index in [0.29, 0.717) is 12.1 Å². The van der Waals surface area contributed by atoms with Crippen LogP contribution in [-0.2, 0) is 17.8 Å². The van der Waals surface area contributed by atoms with E-state index in [2.05, 4.69) is 41.1 Å². The van der Waals surface area contributed by atoms with Gasteiger partial charge in [0.15, 0.2) is 0 Å². The van der Waals surface area contributed by atoms with Crippen molar-refractivity contribution in [3.63, 3.8) is 0 Å². The number of ether oxygens (including phenoxy) is 1. The summed E-state index contributed by atoms with van der Waals surface area (Å²) < 4.78 is 7.56. The van der Waals surface area contributed by atoms with Gasteiger partial charge in [0.2, 0.25) is 0 Å². The van der Waals surface area contributed by atoms with E-state index in [-0.39, 0.29) is 0 Å². The Kier molecular flexibility index (Phi) is 5.30. The highest BCUT2D eigenvalue weighted by Crippen LogP contribution is 2.10. The highest BCUT2D eigenvalue weighted by atomic mass is 16.5. The summed E-state index contributed by atoms with van der Waals surface area (Å²) in [6.07, 6.45) is 1.64. The first kappa shape index (κ1) is 14.4. The molecule has 0 spiro atoms. The van der Waals surface area contributed by atoms with Gasteiger partial charge in [0.05, 0.1) is 19.8 Å². The van der Waals surface area contributed by atoms with Gasteiger partial charge in [0.25, 0.3) is 0 Å². The fourth-order valence-electron chi connectivity index (χ4n) is 2.31. The van der Waals surface area contributed by atoms with Gasteiger partial charge in [-0.2, -0.15) is 5.10 Å². The number of morpholine rings is 1. The zero-order valence-electron chi connectivity index (χ0n) is 12.2. The quantitative estimate of drug-likeness (QED) is 0.813. The van der Waals surface area contributed by atoms with Crippen LogP contribution in [0.1, 0.15) is 26.6 Å². The first-order valence-corrected chi connectivity index (χ1v) is 7.12. The van der Waals surface area contributed by atoms with Crippen LogP contribution in [0, 0.1) is 0 Å². The molecule has 1 N–H and O–H groups in total. The van der Waals surface area contributed by atoms with Gasteiger partial charge in [-0.25, -0.2) is 9.67 Å². The van der Waals surface area contributed by atoms with Crippen LogP contribution >= 0.6 is 0 Å². The maximum Gasteiger partial charge on any atom is 0.141 e. The maximum absolute atomic E-state index is 5.60. The van der Waals surface area contributed by atoms with Gasteiger partial charge < -0.3 is 10.1 Å². The van der Waals surface area contributed by atoms with Crippen molar-refractivity contribution in [1.29, 1.82) is 0 Å². The molecule has 0 amide bonds. The third-order valence-corrected chi connectivity index (χ3v) is 3.45. The van der Waals surface area contributed by atoms with Crippen LogP contribution in [0.5, 0.6) is 0 Å². The molecule has 1 saturated heterocycles. The van der Waals surface area contributed by atoms with E-state index in [1.165, 1.54) is 0 Å². The molecular formula is C13H25N5O. The van der Waals surface area contributed by atoms with E-state index in [4.69, 9.17) is 4.74 Å². The highest BCUT2D eigenvalue weighted by molar-refractivity contribution is 4.88. The van der Waals surface area contributed by atoms with E-state index in [1.807, 2.05) is 4.68 Å². The molecular weight excluding hydrogens is 242 g/mol. The molecule has 1 aromatic heterocycles. The van der Waals surface area contributed by atoms with Crippen LogP contribution in [0.2, 0.25) is 0 Å². The number of aromatic nitrogens is 3. The molecule has 1 aliphatic heterocycles. The predicted octanol–water partition coefficient (Wildman–Crippen LogP) is 0.497. The lowest BCUT2D eigenvalue weighted by Gasteiger charge is -2.35. The van der Waals surface area contributed by atoms with Crippen molar-refractivity contribution in [1.82, 2.24) is 25.0 Å². The summed E-state index contributed by atoms with van der Waals surface area (Å²) in [4.78, 5) is 6.80. The molecule has 19 heavy (non-hydrogen) atoms. The third kappa shape index (κ3) is 3.99. The van der Waals surface area contributed by atoms with Gasteiger partial charge in [0.1, 0.15) is 12.2 Å².